The zero-order valence-corrected chi connectivity index (χ0v) is 12.6. The van der Waals surface area contributed by atoms with Crippen LogP contribution in [-0.2, 0) is 19.1 Å². The van der Waals surface area contributed by atoms with E-state index in [1.54, 1.807) is 36.7 Å². The number of esters is 2. The van der Waals surface area contributed by atoms with E-state index in [9.17, 15) is 9.59 Å². The molecule has 1 N–H and O–H groups in total. The van der Waals surface area contributed by atoms with Crippen molar-refractivity contribution in [2.24, 2.45) is 0 Å². The number of methoxy groups -OCH3 is 2. The van der Waals surface area contributed by atoms with E-state index in [0.717, 1.165) is 11.6 Å². The van der Waals surface area contributed by atoms with Gasteiger partial charge >= 0.3 is 11.9 Å². The summed E-state index contributed by atoms with van der Waals surface area (Å²) in [4.78, 5) is 31.4. The Labute approximate surface area is 133 Å². The summed E-state index contributed by atoms with van der Waals surface area (Å²) in [6.45, 7) is 0. The van der Waals surface area contributed by atoms with Gasteiger partial charge in [0.25, 0.3) is 0 Å². The highest BCUT2D eigenvalue weighted by atomic mass is 16.5. The summed E-state index contributed by atoms with van der Waals surface area (Å²) in [6, 6.07) is 8.83. The molecule has 0 saturated heterocycles. The van der Waals surface area contributed by atoms with Crippen LogP contribution in [-0.4, -0.2) is 36.1 Å². The Hall–Kier alpha value is -3.22. The van der Waals surface area contributed by atoms with Crippen molar-refractivity contribution in [2.75, 3.05) is 19.5 Å². The molecule has 1 aromatic heterocycles. The molecule has 0 bridgehead atoms. The second kappa shape index (κ2) is 7.69. The number of hydrogen-bond acceptors (Lipinski definition) is 7. The monoisotopic (exact) mass is 313 g/mol. The first kappa shape index (κ1) is 16.2. The van der Waals surface area contributed by atoms with Crippen LogP contribution in [0.25, 0.3) is 11.4 Å². The Balaban J connectivity index is 2.29. The topological polar surface area (TPSA) is 90.4 Å². The Kier molecular flexibility index (Phi) is 5.40. The number of ether oxygens (including phenoxy) is 2. The van der Waals surface area contributed by atoms with Crippen LogP contribution in [0.3, 0.4) is 0 Å². The number of aromatic nitrogens is 2. The molecule has 7 heteroatoms. The third-order valence-corrected chi connectivity index (χ3v) is 2.83. The zero-order chi connectivity index (χ0) is 16.7. The summed E-state index contributed by atoms with van der Waals surface area (Å²) in [5.41, 5.74) is 1.30. The second-order valence-corrected chi connectivity index (χ2v) is 4.35. The summed E-state index contributed by atoms with van der Waals surface area (Å²) in [6.07, 6.45) is 4.30. The van der Waals surface area contributed by atoms with Gasteiger partial charge in [0.15, 0.2) is 5.82 Å². The summed E-state index contributed by atoms with van der Waals surface area (Å²) < 4.78 is 9.17. The highest BCUT2D eigenvalue weighted by molar-refractivity contribution is 5.98. The minimum absolute atomic E-state index is 0.0366. The summed E-state index contributed by atoms with van der Waals surface area (Å²) in [5.74, 6) is -0.801. The minimum atomic E-state index is -0.684. The van der Waals surface area contributed by atoms with Crippen molar-refractivity contribution in [2.45, 2.75) is 0 Å². The molecule has 2 rings (SSSR count). The third-order valence-electron chi connectivity index (χ3n) is 2.83. The molecule has 2 aromatic rings. The third kappa shape index (κ3) is 4.37. The van der Waals surface area contributed by atoms with Crippen LogP contribution in [0.2, 0.25) is 0 Å². The molecule has 0 aliphatic carbocycles. The van der Waals surface area contributed by atoms with Crippen LogP contribution in [0.5, 0.6) is 0 Å². The largest absolute Gasteiger partial charge is 0.466 e. The van der Waals surface area contributed by atoms with Gasteiger partial charge in [-0.05, 0) is 18.2 Å². The van der Waals surface area contributed by atoms with Crippen LogP contribution in [0, 0.1) is 0 Å². The van der Waals surface area contributed by atoms with Gasteiger partial charge in [-0.15, -0.1) is 0 Å². The molecule has 23 heavy (non-hydrogen) atoms. The van der Waals surface area contributed by atoms with Crippen molar-refractivity contribution >= 4 is 17.6 Å². The summed E-state index contributed by atoms with van der Waals surface area (Å²) >= 11 is 0. The predicted octanol–water partition coefficient (Wildman–Crippen LogP) is 1.79. The number of benzene rings is 1. The van der Waals surface area contributed by atoms with Gasteiger partial charge in [-0.1, -0.05) is 12.1 Å². The standard InChI is InChI=1S/C16H15N3O4/c1-22-14(20)10-13(16(21)23-2)19-12-6-3-5-11(9-12)15-17-7-4-8-18-15/h3-10,19H,1-2H3/b13-10+. The fraction of sp³-hybridized carbons (Fsp3) is 0.125. The Morgan fingerprint density at radius 3 is 2.48 bits per heavy atom. The van der Waals surface area contributed by atoms with Crippen molar-refractivity contribution < 1.29 is 19.1 Å². The molecule has 0 radical (unpaired) electrons. The molecule has 0 fully saturated rings. The Morgan fingerprint density at radius 1 is 1.09 bits per heavy atom. The number of carbonyl (C=O) groups is 2. The lowest BCUT2D eigenvalue weighted by atomic mass is 10.2. The van der Waals surface area contributed by atoms with E-state index in [0.29, 0.717) is 11.5 Å². The molecule has 0 aliphatic rings. The molecule has 1 aromatic carbocycles. The van der Waals surface area contributed by atoms with Gasteiger partial charge in [-0.2, -0.15) is 0 Å². The van der Waals surface area contributed by atoms with E-state index in [2.05, 4.69) is 24.8 Å². The molecule has 0 spiro atoms. The fourth-order valence-electron chi connectivity index (χ4n) is 1.77. The maximum atomic E-state index is 11.7. The van der Waals surface area contributed by atoms with Gasteiger partial charge in [0.2, 0.25) is 0 Å². The van der Waals surface area contributed by atoms with E-state index in [1.165, 1.54) is 14.2 Å². The van der Waals surface area contributed by atoms with Crippen molar-refractivity contribution in [3.63, 3.8) is 0 Å². The molecule has 1 heterocycles. The number of nitrogens with zero attached hydrogens (tertiary/aromatic N) is 2. The van der Waals surface area contributed by atoms with Gasteiger partial charge in [0, 0.05) is 23.6 Å². The van der Waals surface area contributed by atoms with Crippen molar-refractivity contribution in [1.82, 2.24) is 9.97 Å². The van der Waals surface area contributed by atoms with Crippen molar-refractivity contribution in [3.05, 3.63) is 54.5 Å². The van der Waals surface area contributed by atoms with Crippen molar-refractivity contribution in [3.8, 4) is 11.4 Å². The smallest absolute Gasteiger partial charge is 0.354 e. The van der Waals surface area contributed by atoms with Crippen LogP contribution in [0.15, 0.2) is 54.5 Å². The molecule has 0 atom stereocenters. The maximum Gasteiger partial charge on any atom is 0.354 e. The Morgan fingerprint density at radius 2 is 1.83 bits per heavy atom. The van der Waals surface area contributed by atoms with E-state index < -0.39 is 11.9 Å². The van der Waals surface area contributed by atoms with E-state index in [1.807, 2.05) is 6.07 Å². The molecule has 0 amide bonds. The van der Waals surface area contributed by atoms with Crippen LogP contribution >= 0.6 is 0 Å². The first-order chi connectivity index (χ1) is 11.1. The number of anilines is 1. The van der Waals surface area contributed by atoms with Crippen LogP contribution in [0.4, 0.5) is 5.69 Å². The highest BCUT2D eigenvalue weighted by Gasteiger charge is 2.13. The molecule has 0 saturated carbocycles. The van der Waals surface area contributed by atoms with Crippen LogP contribution in [0.1, 0.15) is 0 Å². The number of carbonyl (C=O) groups excluding carboxylic acids is 2. The second-order valence-electron chi connectivity index (χ2n) is 4.35. The number of nitrogens with one attached hydrogen (secondary N) is 1. The molecule has 0 aliphatic heterocycles. The van der Waals surface area contributed by atoms with E-state index in [4.69, 9.17) is 0 Å². The predicted molar refractivity (Wildman–Crippen MR) is 83.2 cm³/mol. The van der Waals surface area contributed by atoms with E-state index in [-0.39, 0.29) is 5.70 Å². The number of rotatable bonds is 5. The lowest BCUT2D eigenvalue weighted by Crippen LogP contribution is -2.15. The van der Waals surface area contributed by atoms with Crippen molar-refractivity contribution in [1.29, 1.82) is 0 Å². The average molecular weight is 313 g/mol. The SMILES string of the molecule is COC(=O)/C=C(/Nc1cccc(-c2ncccn2)c1)C(=O)OC. The molecule has 7 nitrogen and oxygen atoms in total. The van der Waals surface area contributed by atoms with Gasteiger partial charge in [-0.3, -0.25) is 0 Å². The molecular weight excluding hydrogens is 298 g/mol. The molecular formula is C16H15N3O4. The normalized spacial score (nSPS) is 10.8. The lowest BCUT2D eigenvalue weighted by Gasteiger charge is -2.10. The van der Waals surface area contributed by atoms with E-state index >= 15 is 0 Å². The lowest BCUT2D eigenvalue weighted by molar-refractivity contribution is -0.138. The Bertz CT molecular complexity index is 729. The summed E-state index contributed by atoms with van der Waals surface area (Å²) in [7, 11) is 2.45. The first-order valence-corrected chi connectivity index (χ1v) is 6.66. The van der Waals surface area contributed by atoms with Gasteiger partial charge in [0.05, 0.1) is 20.3 Å². The minimum Gasteiger partial charge on any atom is -0.466 e. The maximum absolute atomic E-state index is 11.7. The van der Waals surface area contributed by atoms with Gasteiger partial charge in [0.1, 0.15) is 5.70 Å². The zero-order valence-electron chi connectivity index (χ0n) is 12.6. The van der Waals surface area contributed by atoms with Gasteiger partial charge in [-0.25, -0.2) is 19.6 Å². The summed E-state index contributed by atoms with van der Waals surface area (Å²) in [5, 5.41) is 2.84. The number of hydrogen-bond donors (Lipinski definition) is 1. The first-order valence-electron chi connectivity index (χ1n) is 6.66. The highest BCUT2D eigenvalue weighted by Crippen LogP contribution is 2.20. The molecule has 0 unspecified atom stereocenters. The average Bonchev–Trinajstić information content (AvgIpc) is 2.61. The van der Waals surface area contributed by atoms with Gasteiger partial charge < -0.3 is 14.8 Å². The fourth-order valence-corrected chi connectivity index (χ4v) is 1.77. The van der Waals surface area contributed by atoms with Crippen LogP contribution < -0.4 is 5.32 Å². The quantitative estimate of drug-likeness (QED) is 0.664. The molecule has 118 valence electrons.